The van der Waals surface area contributed by atoms with Crippen molar-refractivity contribution in [1.29, 1.82) is 0 Å². The van der Waals surface area contributed by atoms with Gasteiger partial charge in [0.25, 0.3) is 0 Å². The number of carbonyl (C=O) groups excluding carboxylic acids is 2. The zero-order chi connectivity index (χ0) is 10.7. The van der Waals surface area contributed by atoms with Crippen LogP contribution in [-0.2, 0) is 9.59 Å². The number of nitrogens with one attached hydrogen (secondary N) is 4. The van der Waals surface area contributed by atoms with Crippen LogP contribution in [-0.4, -0.2) is 45.0 Å². The van der Waals surface area contributed by atoms with E-state index in [1.54, 1.807) is 14.1 Å². The zero-order valence-corrected chi connectivity index (χ0v) is 8.55. The zero-order valence-electron chi connectivity index (χ0n) is 8.55. The van der Waals surface area contributed by atoms with E-state index in [-0.39, 0.29) is 18.8 Å². The Morgan fingerprint density at radius 2 is 1.43 bits per heavy atom. The molecular weight excluding hydrogens is 183 g/mol. The normalized spacial score (nSPS) is 26.1. The van der Waals surface area contributed by atoms with Crippen LogP contribution in [0.3, 0.4) is 0 Å². The van der Waals surface area contributed by atoms with Gasteiger partial charge >= 0.3 is 6.98 Å². The summed E-state index contributed by atoms with van der Waals surface area (Å²) < 4.78 is 0. The highest BCUT2D eigenvalue weighted by Crippen LogP contribution is 2.02. The van der Waals surface area contributed by atoms with Gasteiger partial charge < -0.3 is 21.1 Å². The molecule has 1 fully saturated rings. The number of hydrogen-bond donors (Lipinski definition) is 4. The average molecular weight is 198 g/mol. The molecule has 0 spiro atoms. The Labute approximate surface area is 83.3 Å². The third kappa shape index (κ3) is 2.05. The molecule has 0 radical (unpaired) electrons. The van der Waals surface area contributed by atoms with Gasteiger partial charge in [0.15, 0.2) is 0 Å². The summed E-state index contributed by atoms with van der Waals surface area (Å²) in [4.78, 5) is 22.8. The summed E-state index contributed by atoms with van der Waals surface area (Å²) in [6, 6.07) is -1.01. The Hall–Kier alpha value is -1.08. The molecule has 0 saturated carbocycles. The van der Waals surface area contributed by atoms with Gasteiger partial charge in [-0.2, -0.15) is 0 Å². The molecule has 1 saturated heterocycles. The fourth-order valence-corrected chi connectivity index (χ4v) is 1.54. The Morgan fingerprint density at radius 3 is 1.71 bits per heavy atom. The van der Waals surface area contributed by atoms with Crippen molar-refractivity contribution in [1.82, 2.24) is 21.1 Å². The van der Waals surface area contributed by atoms with Gasteiger partial charge in [0, 0.05) is 14.1 Å². The van der Waals surface area contributed by atoms with Crippen molar-refractivity contribution in [3.8, 4) is 0 Å². The van der Waals surface area contributed by atoms with Crippen LogP contribution >= 0.6 is 0 Å². The van der Waals surface area contributed by atoms with Crippen molar-refractivity contribution in [2.45, 2.75) is 18.9 Å². The van der Waals surface area contributed by atoms with E-state index in [1.807, 2.05) is 6.82 Å². The van der Waals surface area contributed by atoms with Gasteiger partial charge in [-0.25, -0.2) is 0 Å². The van der Waals surface area contributed by atoms with Crippen molar-refractivity contribution in [3.05, 3.63) is 0 Å². The molecule has 1 heterocycles. The molecule has 1 rings (SSSR count). The van der Waals surface area contributed by atoms with Gasteiger partial charge in [-0.05, 0) is 0 Å². The molecule has 2 unspecified atom stereocenters. The molecule has 7 heteroatoms. The van der Waals surface area contributed by atoms with Crippen LogP contribution in [0.25, 0.3) is 0 Å². The lowest BCUT2D eigenvalue weighted by molar-refractivity contribution is -0.128. The summed E-state index contributed by atoms with van der Waals surface area (Å²) in [6.45, 7) is 1.82. The van der Waals surface area contributed by atoms with E-state index in [4.69, 9.17) is 0 Å². The molecule has 0 bridgehead atoms. The van der Waals surface area contributed by atoms with Gasteiger partial charge in [-0.3, -0.25) is 9.59 Å². The highest BCUT2D eigenvalue weighted by Gasteiger charge is 2.40. The molecule has 1 aliphatic heterocycles. The summed E-state index contributed by atoms with van der Waals surface area (Å²) in [6.07, 6.45) is 0. The predicted molar refractivity (Wildman–Crippen MR) is 53.6 cm³/mol. The van der Waals surface area contributed by atoms with E-state index in [0.29, 0.717) is 0 Å². The summed E-state index contributed by atoms with van der Waals surface area (Å²) >= 11 is 0. The molecule has 14 heavy (non-hydrogen) atoms. The molecule has 78 valence electrons. The molecule has 0 aromatic heterocycles. The maximum atomic E-state index is 11.4. The standard InChI is InChI=1S/C7H15BN4O2/c1-8-11-4(6(13)9-2)5(12-8)7(14)10-3/h4-5,11-12H,1-3H3,(H,9,13)(H,10,14). The fourth-order valence-electron chi connectivity index (χ4n) is 1.54. The van der Waals surface area contributed by atoms with E-state index in [1.165, 1.54) is 0 Å². The van der Waals surface area contributed by atoms with Crippen LogP contribution in [0.5, 0.6) is 0 Å². The Balaban J connectivity index is 2.72. The lowest BCUT2D eigenvalue weighted by Gasteiger charge is -2.16. The van der Waals surface area contributed by atoms with E-state index in [2.05, 4.69) is 21.1 Å². The largest absolute Gasteiger partial charge is 0.358 e. The summed E-state index contributed by atoms with van der Waals surface area (Å²) in [5.74, 6) is -0.370. The Morgan fingerprint density at radius 1 is 1.07 bits per heavy atom. The quantitative estimate of drug-likeness (QED) is 0.370. The Bertz CT molecular complexity index is 224. The van der Waals surface area contributed by atoms with Gasteiger partial charge in [0.2, 0.25) is 11.8 Å². The first-order chi connectivity index (χ1) is 6.60. The highest BCUT2D eigenvalue weighted by molar-refractivity contribution is 6.54. The minimum absolute atomic E-state index is 0.0420. The summed E-state index contributed by atoms with van der Waals surface area (Å²) in [5.41, 5.74) is 0. The first kappa shape index (κ1) is 11.0. The molecular formula is C7H15BN4O2. The SMILES string of the molecule is CNC(=O)C1NB(C)NC1C(=O)NC. The van der Waals surface area contributed by atoms with Crippen LogP contribution in [0.1, 0.15) is 0 Å². The van der Waals surface area contributed by atoms with Crippen LogP contribution in [0.2, 0.25) is 6.82 Å². The van der Waals surface area contributed by atoms with Crippen LogP contribution in [0, 0.1) is 0 Å². The first-order valence-corrected chi connectivity index (χ1v) is 4.55. The molecule has 0 aromatic carbocycles. The average Bonchev–Trinajstić information content (AvgIpc) is 2.58. The van der Waals surface area contributed by atoms with Crippen molar-refractivity contribution < 1.29 is 9.59 Å². The minimum atomic E-state index is -0.505. The molecule has 4 N–H and O–H groups in total. The van der Waals surface area contributed by atoms with Crippen molar-refractivity contribution in [2.24, 2.45) is 0 Å². The number of amides is 2. The smallest absolute Gasteiger partial charge is 0.303 e. The van der Waals surface area contributed by atoms with E-state index < -0.39 is 12.1 Å². The number of rotatable bonds is 2. The molecule has 0 aromatic rings. The predicted octanol–water partition coefficient (Wildman–Crippen LogP) is -2.47. The second-order valence-corrected chi connectivity index (χ2v) is 3.24. The molecule has 0 aliphatic carbocycles. The maximum absolute atomic E-state index is 11.4. The second-order valence-electron chi connectivity index (χ2n) is 3.24. The lowest BCUT2D eigenvalue weighted by Crippen LogP contribution is -2.52. The highest BCUT2D eigenvalue weighted by atomic mass is 16.2. The van der Waals surface area contributed by atoms with Crippen LogP contribution in [0.15, 0.2) is 0 Å². The van der Waals surface area contributed by atoms with Gasteiger partial charge in [-0.15, -0.1) is 0 Å². The van der Waals surface area contributed by atoms with E-state index in [0.717, 1.165) is 0 Å². The maximum Gasteiger partial charge on any atom is 0.303 e. The van der Waals surface area contributed by atoms with Gasteiger partial charge in [-0.1, -0.05) is 6.82 Å². The molecule has 2 amide bonds. The molecule has 6 nitrogen and oxygen atoms in total. The van der Waals surface area contributed by atoms with Crippen molar-refractivity contribution in [3.63, 3.8) is 0 Å². The molecule has 1 aliphatic rings. The summed E-state index contributed by atoms with van der Waals surface area (Å²) in [5, 5.41) is 11.0. The van der Waals surface area contributed by atoms with Crippen LogP contribution < -0.4 is 21.1 Å². The minimum Gasteiger partial charge on any atom is -0.358 e. The topological polar surface area (TPSA) is 82.3 Å². The Kier molecular flexibility index (Phi) is 3.48. The van der Waals surface area contributed by atoms with Gasteiger partial charge in [0.05, 0.1) is 0 Å². The third-order valence-electron chi connectivity index (χ3n) is 2.25. The van der Waals surface area contributed by atoms with Gasteiger partial charge in [0.1, 0.15) is 12.1 Å². The first-order valence-electron chi connectivity index (χ1n) is 4.55. The van der Waals surface area contributed by atoms with Crippen molar-refractivity contribution in [2.75, 3.05) is 14.1 Å². The van der Waals surface area contributed by atoms with E-state index >= 15 is 0 Å². The second kappa shape index (κ2) is 4.43. The lowest BCUT2D eigenvalue weighted by atomic mass is 9.83. The fraction of sp³-hybridized carbons (Fsp3) is 0.714. The number of carbonyl (C=O) groups is 2. The number of likely N-dealkylation sites (N-methyl/N-ethyl adjacent to an activating group) is 2. The van der Waals surface area contributed by atoms with Crippen molar-refractivity contribution >= 4 is 18.8 Å². The number of hydrogen-bond acceptors (Lipinski definition) is 4. The van der Waals surface area contributed by atoms with Crippen LogP contribution in [0.4, 0.5) is 0 Å². The monoisotopic (exact) mass is 198 g/mol. The van der Waals surface area contributed by atoms with E-state index in [9.17, 15) is 9.59 Å². The summed E-state index contributed by atoms with van der Waals surface area (Å²) in [7, 11) is 3.10. The third-order valence-corrected chi connectivity index (χ3v) is 2.25. The molecule has 2 atom stereocenters.